The van der Waals surface area contributed by atoms with Gasteiger partial charge in [-0.15, -0.1) is 0 Å². The zero-order chi connectivity index (χ0) is 14.7. The van der Waals surface area contributed by atoms with Gasteiger partial charge in [-0.3, -0.25) is 10.1 Å². The molecule has 0 aliphatic heterocycles. The molecule has 0 bridgehead atoms. The number of hydrogen-bond donors (Lipinski definition) is 1. The van der Waals surface area contributed by atoms with Crippen molar-refractivity contribution < 1.29 is 19.6 Å². The zero-order valence-corrected chi connectivity index (χ0v) is 11.4. The van der Waals surface area contributed by atoms with Gasteiger partial charge in [-0.25, -0.2) is 4.79 Å². The van der Waals surface area contributed by atoms with E-state index in [0.29, 0.717) is 12.5 Å². The van der Waals surface area contributed by atoms with Gasteiger partial charge in [0, 0.05) is 12.1 Å². The Morgan fingerprint density at radius 3 is 2.65 bits per heavy atom. The summed E-state index contributed by atoms with van der Waals surface area (Å²) < 4.78 is 5.51. The summed E-state index contributed by atoms with van der Waals surface area (Å²) in [6.07, 6.45) is 4.39. The maximum atomic E-state index is 11.2. The molecule has 1 saturated carbocycles. The molecule has 0 aromatic heterocycles. The lowest BCUT2D eigenvalue weighted by Gasteiger charge is -2.14. The number of halogens is 1. The van der Waals surface area contributed by atoms with Crippen molar-refractivity contribution in [1.29, 1.82) is 0 Å². The van der Waals surface area contributed by atoms with Gasteiger partial charge in [0.2, 0.25) is 0 Å². The first-order valence-corrected chi connectivity index (χ1v) is 6.71. The van der Waals surface area contributed by atoms with E-state index in [2.05, 4.69) is 0 Å². The SMILES string of the molecule is O=C(O)c1cc([N+](=O)[O-])cc(Cl)c1OCC1CCCC1. The fraction of sp³-hybridized carbons (Fsp3) is 0.462. The number of nitro benzene ring substituents is 1. The fourth-order valence-corrected chi connectivity index (χ4v) is 2.64. The van der Waals surface area contributed by atoms with Gasteiger partial charge in [0.05, 0.1) is 16.6 Å². The highest BCUT2D eigenvalue weighted by atomic mass is 35.5. The summed E-state index contributed by atoms with van der Waals surface area (Å²) in [6.45, 7) is 0.387. The minimum absolute atomic E-state index is 0.0108. The van der Waals surface area contributed by atoms with Crippen LogP contribution in [-0.4, -0.2) is 22.6 Å². The molecule has 1 aromatic rings. The third-order valence-corrected chi connectivity index (χ3v) is 3.69. The van der Waals surface area contributed by atoms with Gasteiger partial charge in [0.25, 0.3) is 5.69 Å². The Balaban J connectivity index is 2.25. The molecule has 0 heterocycles. The number of aromatic carboxylic acids is 1. The van der Waals surface area contributed by atoms with Crippen molar-refractivity contribution >= 4 is 23.3 Å². The van der Waals surface area contributed by atoms with E-state index in [-0.39, 0.29) is 22.0 Å². The van der Waals surface area contributed by atoms with Crippen LogP contribution in [0.3, 0.4) is 0 Å². The third-order valence-electron chi connectivity index (χ3n) is 3.41. The minimum Gasteiger partial charge on any atom is -0.491 e. The van der Waals surface area contributed by atoms with E-state index in [0.717, 1.165) is 37.8 Å². The standard InChI is InChI=1S/C13H14ClNO5/c14-11-6-9(15(18)19)5-10(13(16)17)12(11)20-7-8-3-1-2-4-8/h5-6,8H,1-4,7H2,(H,16,17). The molecule has 1 fully saturated rings. The Morgan fingerprint density at radius 2 is 2.10 bits per heavy atom. The maximum absolute atomic E-state index is 11.2. The summed E-state index contributed by atoms with van der Waals surface area (Å²) in [6, 6.07) is 2.08. The summed E-state index contributed by atoms with van der Waals surface area (Å²) in [4.78, 5) is 21.2. The Morgan fingerprint density at radius 1 is 1.45 bits per heavy atom. The predicted octanol–water partition coefficient (Wildman–Crippen LogP) is 3.52. The molecule has 2 rings (SSSR count). The van der Waals surface area contributed by atoms with Gasteiger partial charge < -0.3 is 9.84 Å². The van der Waals surface area contributed by atoms with E-state index < -0.39 is 10.9 Å². The van der Waals surface area contributed by atoms with Crippen LogP contribution in [-0.2, 0) is 0 Å². The van der Waals surface area contributed by atoms with Gasteiger partial charge in [-0.1, -0.05) is 24.4 Å². The van der Waals surface area contributed by atoms with E-state index in [9.17, 15) is 14.9 Å². The summed E-state index contributed by atoms with van der Waals surface area (Å²) in [5.74, 6) is -0.892. The highest BCUT2D eigenvalue weighted by Crippen LogP contribution is 2.35. The van der Waals surface area contributed by atoms with Crippen LogP contribution in [0, 0.1) is 16.0 Å². The van der Waals surface area contributed by atoms with Gasteiger partial charge in [-0.2, -0.15) is 0 Å². The van der Waals surface area contributed by atoms with Crippen LogP contribution in [0.5, 0.6) is 5.75 Å². The Hall–Kier alpha value is -1.82. The number of carboxylic acids is 1. The van der Waals surface area contributed by atoms with Crippen LogP contribution in [0.15, 0.2) is 12.1 Å². The van der Waals surface area contributed by atoms with Gasteiger partial charge in [0.15, 0.2) is 5.75 Å². The maximum Gasteiger partial charge on any atom is 0.339 e. The molecule has 6 nitrogen and oxygen atoms in total. The van der Waals surface area contributed by atoms with E-state index >= 15 is 0 Å². The highest BCUT2D eigenvalue weighted by Gasteiger charge is 2.23. The summed E-state index contributed by atoms with van der Waals surface area (Å²) >= 11 is 5.92. The summed E-state index contributed by atoms with van der Waals surface area (Å²) in [5, 5.41) is 19.8. The number of hydrogen-bond acceptors (Lipinski definition) is 4. The number of nitro groups is 1. The molecule has 0 saturated heterocycles. The van der Waals surface area contributed by atoms with Crippen molar-refractivity contribution in [2.45, 2.75) is 25.7 Å². The molecule has 0 atom stereocenters. The molecular weight excluding hydrogens is 286 g/mol. The monoisotopic (exact) mass is 299 g/mol. The largest absolute Gasteiger partial charge is 0.491 e. The second-order valence-corrected chi connectivity index (χ2v) is 5.24. The quantitative estimate of drug-likeness (QED) is 0.663. The molecule has 0 radical (unpaired) electrons. The lowest BCUT2D eigenvalue weighted by molar-refractivity contribution is -0.384. The molecule has 1 aromatic carbocycles. The van der Waals surface area contributed by atoms with Crippen molar-refractivity contribution in [3.05, 3.63) is 32.8 Å². The molecule has 1 aliphatic rings. The van der Waals surface area contributed by atoms with Crippen LogP contribution in [0.1, 0.15) is 36.0 Å². The molecule has 1 aliphatic carbocycles. The normalized spacial score (nSPS) is 15.2. The zero-order valence-electron chi connectivity index (χ0n) is 10.7. The molecule has 0 amide bonds. The lowest BCUT2D eigenvalue weighted by Crippen LogP contribution is -2.11. The molecule has 0 spiro atoms. The minimum atomic E-state index is -1.29. The number of carbonyl (C=O) groups is 1. The molecule has 108 valence electrons. The Bertz CT molecular complexity index is 540. The van der Waals surface area contributed by atoms with Crippen LogP contribution in [0.4, 0.5) is 5.69 Å². The molecule has 0 unspecified atom stereocenters. The van der Waals surface area contributed by atoms with E-state index in [4.69, 9.17) is 21.4 Å². The second-order valence-electron chi connectivity index (χ2n) is 4.83. The van der Waals surface area contributed by atoms with E-state index in [1.54, 1.807) is 0 Å². The third kappa shape index (κ3) is 3.19. The van der Waals surface area contributed by atoms with E-state index in [1.165, 1.54) is 0 Å². The number of ether oxygens (including phenoxy) is 1. The van der Waals surface area contributed by atoms with Gasteiger partial charge >= 0.3 is 5.97 Å². The van der Waals surface area contributed by atoms with Gasteiger partial charge in [0.1, 0.15) is 5.56 Å². The smallest absolute Gasteiger partial charge is 0.339 e. The average Bonchev–Trinajstić information content (AvgIpc) is 2.89. The Labute approximate surface area is 120 Å². The van der Waals surface area contributed by atoms with Crippen LogP contribution >= 0.6 is 11.6 Å². The first-order chi connectivity index (χ1) is 9.49. The number of rotatable bonds is 5. The van der Waals surface area contributed by atoms with Crippen molar-refractivity contribution in [3.8, 4) is 5.75 Å². The van der Waals surface area contributed by atoms with Crippen molar-refractivity contribution in [2.75, 3.05) is 6.61 Å². The molecule has 1 N–H and O–H groups in total. The Kier molecular flexibility index (Phi) is 4.44. The van der Waals surface area contributed by atoms with Crippen LogP contribution < -0.4 is 4.74 Å². The summed E-state index contributed by atoms with van der Waals surface area (Å²) in [5.41, 5.74) is -0.636. The van der Waals surface area contributed by atoms with Crippen LogP contribution in [0.25, 0.3) is 0 Å². The van der Waals surface area contributed by atoms with Crippen molar-refractivity contribution in [3.63, 3.8) is 0 Å². The highest BCUT2D eigenvalue weighted by molar-refractivity contribution is 6.32. The number of carboxylic acid groups (broad SMARTS) is 1. The number of benzene rings is 1. The molecular formula is C13H14ClNO5. The first kappa shape index (κ1) is 14.6. The summed E-state index contributed by atoms with van der Waals surface area (Å²) in [7, 11) is 0. The predicted molar refractivity (Wildman–Crippen MR) is 72.5 cm³/mol. The topological polar surface area (TPSA) is 89.7 Å². The van der Waals surface area contributed by atoms with Crippen molar-refractivity contribution in [2.24, 2.45) is 5.92 Å². The average molecular weight is 300 g/mol. The lowest BCUT2D eigenvalue weighted by atomic mass is 10.1. The first-order valence-electron chi connectivity index (χ1n) is 6.33. The second kappa shape index (κ2) is 6.09. The van der Waals surface area contributed by atoms with E-state index in [1.807, 2.05) is 0 Å². The number of non-ortho nitro benzene ring substituents is 1. The van der Waals surface area contributed by atoms with Crippen molar-refractivity contribution in [1.82, 2.24) is 0 Å². The van der Waals surface area contributed by atoms with Crippen LogP contribution in [0.2, 0.25) is 5.02 Å². The van der Waals surface area contributed by atoms with Gasteiger partial charge in [-0.05, 0) is 18.8 Å². The number of nitrogens with zero attached hydrogens (tertiary/aromatic N) is 1. The molecule has 7 heteroatoms. The molecule has 20 heavy (non-hydrogen) atoms. The fourth-order valence-electron chi connectivity index (χ4n) is 2.37.